The monoisotopic (exact) mass is 419 g/mol. The first-order chi connectivity index (χ1) is 14.7. The van der Waals surface area contributed by atoms with E-state index in [-0.39, 0.29) is 28.8 Å². The third-order valence-corrected chi connectivity index (χ3v) is 5.74. The third-order valence-electron chi connectivity index (χ3n) is 5.74. The van der Waals surface area contributed by atoms with E-state index in [1.807, 2.05) is 32.0 Å². The summed E-state index contributed by atoms with van der Waals surface area (Å²) in [5, 5.41) is 0.242. The van der Waals surface area contributed by atoms with Gasteiger partial charge in [-0.25, -0.2) is 9.78 Å². The number of aromatic nitrogens is 3. The molecule has 160 valence electrons. The van der Waals surface area contributed by atoms with E-state index in [9.17, 15) is 14.4 Å². The highest BCUT2D eigenvalue weighted by atomic mass is 16.5. The third kappa shape index (κ3) is 3.30. The lowest BCUT2D eigenvalue weighted by atomic mass is 9.73. The number of carbonyl (C=O) groups is 1. The van der Waals surface area contributed by atoms with Crippen molar-refractivity contribution in [1.82, 2.24) is 14.1 Å². The number of fused-ring (bicyclic) bond motifs is 2. The van der Waals surface area contributed by atoms with Crippen LogP contribution in [0.4, 0.5) is 0 Å². The summed E-state index contributed by atoms with van der Waals surface area (Å²) in [7, 11) is 3.02. The minimum Gasteiger partial charge on any atom is -0.489 e. The van der Waals surface area contributed by atoms with Crippen LogP contribution in [0.2, 0.25) is 0 Å². The number of aryl methyl sites for hydroxylation is 1. The van der Waals surface area contributed by atoms with Gasteiger partial charge in [0.05, 0.1) is 11.1 Å². The van der Waals surface area contributed by atoms with Crippen molar-refractivity contribution in [3.8, 4) is 16.9 Å². The minimum atomic E-state index is -0.487. The lowest BCUT2D eigenvalue weighted by molar-refractivity contribution is 0.0911. The molecule has 0 fully saturated rings. The number of hydrogen-bond acceptors (Lipinski definition) is 5. The molecule has 0 saturated heterocycles. The smallest absolute Gasteiger partial charge is 0.332 e. The number of benzene rings is 1. The predicted molar refractivity (Wildman–Crippen MR) is 120 cm³/mol. The fraction of sp³-hybridized carbons (Fsp3) is 0.333. The van der Waals surface area contributed by atoms with Crippen molar-refractivity contribution in [2.75, 3.05) is 6.61 Å². The van der Waals surface area contributed by atoms with E-state index in [4.69, 9.17) is 4.74 Å². The fourth-order valence-corrected chi connectivity index (χ4v) is 4.32. The van der Waals surface area contributed by atoms with E-state index in [1.54, 1.807) is 19.2 Å². The Labute approximate surface area is 179 Å². The van der Waals surface area contributed by atoms with Crippen molar-refractivity contribution >= 4 is 16.8 Å². The maximum Gasteiger partial charge on any atom is 0.332 e. The molecule has 7 heteroatoms. The Morgan fingerprint density at radius 2 is 1.81 bits per heavy atom. The van der Waals surface area contributed by atoms with Crippen LogP contribution >= 0.6 is 0 Å². The van der Waals surface area contributed by atoms with Gasteiger partial charge in [0.2, 0.25) is 0 Å². The lowest BCUT2D eigenvalue weighted by Crippen LogP contribution is -2.38. The molecule has 0 bridgehead atoms. The summed E-state index contributed by atoms with van der Waals surface area (Å²) in [4.78, 5) is 43.9. The highest BCUT2D eigenvalue weighted by Crippen LogP contribution is 2.42. The van der Waals surface area contributed by atoms with E-state index in [0.29, 0.717) is 41.0 Å². The van der Waals surface area contributed by atoms with Gasteiger partial charge in [-0.2, -0.15) is 0 Å². The van der Waals surface area contributed by atoms with E-state index in [2.05, 4.69) is 11.6 Å². The van der Waals surface area contributed by atoms with Gasteiger partial charge in [0.25, 0.3) is 5.56 Å². The zero-order valence-electron chi connectivity index (χ0n) is 18.2. The van der Waals surface area contributed by atoms with Crippen molar-refractivity contribution in [3.63, 3.8) is 0 Å². The highest BCUT2D eigenvalue weighted by Gasteiger charge is 2.36. The summed E-state index contributed by atoms with van der Waals surface area (Å²) in [6.45, 7) is 8.01. The summed E-state index contributed by atoms with van der Waals surface area (Å²) in [5.74, 6) is 0.468. The van der Waals surface area contributed by atoms with Gasteiger partial charge in [0.15, 0.2) is 5.78 Å². The maximum absolute atomic E-state index is 13.3. The first-order valence-corrected chi connectivity index (χ1v) is 10.1. The van der Waals surface area contributed by atoms with Crippen LogP contribution in [0, 0.1) is 5.41 Å². The second-order valence-corrected chi connectivity index (χ2v) is 8.75. The minimum absolute atomic E-state index is 0.0647. The molecular weight excluding hydrogens is 394 g/mol. The normalized spacial score (nSPS) is 15.0. The number of ether oxygens (including phenoxy) is 1. The zero-order valence-corrected chi connectivity index (χ0v) is 18.2. The van der Waals surface area contributed by atoms with Crippen LogP contribution in [-0.2, 0) is 20.5 Å². The largest absolute Gasteiger partial charge is 0.489 e. The molecule has 7 nitrogen and oxygen atoms in total. The van der Waals surface area contributed by atoms with Crippen LogP contribution in [0.15, 0.2) is 46.5 Å². The number of ketones is 1. The molecule has 31 heavy (non-hydrogen) atoms. The average Bonchev–Trinajstić information content (AvgIpc) is 2.72. The molecule has 0 spiro atoms. The molecule has 0 aliphatic heterocycles. The van der Waals surface area contributed by atoms with Crippen LogP contribution < -0.4 is 16.0 Å². The molecule has 1 aliphatic rings. The summed E-state index contributed by atoms with van der Waals surface area (Å²) < 4.78 is 8.26. The molecule has 1 aromatic carbocycles. The number of rotatable bonds is 4. The fourth-order valence-electron chi connectivity index (χ4n) is 4.32. The van der Waals surface area contributed by atoms with Crippen LogP contribution in [0.3, 0.4) is 0 Å². The van der Waals surface area contributed by atoms with Gasteiger partial charge >= 0.3 is 5.69 Å². The van der Waals surface area contributed by atoms with Gasteiger partial charge < -0.3 is 4.74 Å². The standard InChI is InChI=1S/C24H25N3O4/c1-6-11-31-17-10-8-7-9-14(17)18-19-15(12-24(2,3)13-16(19)28)25-21-20(18)22(29)27(5)23(30)26(21)4/h6-10H,1,11-13H2,2-5H3. The first kappa shape index (κ1) is 20.8. The molecular formula is C24H25N3O4. The quantitative estimate of drug-likeness (QED) is 0.607. The van der Waals surface area contributed by atoms with Crippen LogP contribution in [-0.4, -0.2) is 26.5 Å². The lowest BCUT2D eigenvalue weighted by Gasteiger charge is -2.31. The van der Waals surface area contributed by atoms with Crippen molar-refractivity contribution in [2.45, 2.75) is 26.7 Å². The second kappa shape index (κ2) is 7.34. The van der Waals surface area contributed by atoms with Crippen molar-refractivity contribution in [2.24, 2.45) is 19.5 Å². The molecule has 0 N–H and O–H groups in total. The Bertz CT molecular complexity index is 1360. The van der Waals surface area contributed by atoms with Crippen molar-refractivity contribution < 1.29 is 9.53 Å². The molecule has 0 atom stereocenters. The molecule has 0 saturated carbocycles. The summed E-state index contributed by atoms with van der Waals surface area (Å²) in [6.07, 6.45) is 2.55. The van der Waals surface area contributed by atoms with E-state index in [1.165, 1.54) is 11.6 Å². The van der Waals surface area contributed by atoms with Crippen LogP contribution in [0.5, 0.6) is 5.75 Å². The number of pyridine rings is 1. The van der Waals surface area contributed by atoms with Gasteiger partial charge in [-0.05, 0) is 17.9 Å². The molecule has 3 aromatic rings. The Morgan fingerprint density at radius 1 is 1.10 bits per heavy atom. The average molecular weight is 419 g/mol. The number of Topliss-reactive ketones (excluding diaryl/α,β-unsaturated/α-hetero) is 1. The van der Waals surface area contributed by atoms with Gasteiger partial charge in [-0.15, -0.1) is 0 Å². The van der Waals surface area contributed by atoms with Crippen LogP contribution in [0.1, 0.15) is 36.3 Å². The number of carbonyl (C=O) groups excluding carboxylic acids is 1. The van der Waals surface area contributed by atoms with Gasteiger partial charge in [0.1, 0.15) is 18.0 Å². The van der Waals surface area contributed by atoms with Gasteiger partial charge in [0, 0.05) is 37.2 Å². The van der Waals surface area contributed by atoms with Gasteiger partial charge in [-0.3, -0.25) is 18.7 Å². The summed E-state index contributed by atoms with van der Waals surface area (Å²) >= 11 is 0. The van der Waals surface area contributed by atoms with Gasteiger partial charge in [-0.1, -0.05) is 44.7 Å². The Hall–Kier alpha value is -3.48. The highest BCUT2D eigenvalue weighted by molar-refractivity contribution is 6.11. The molecule has 2 heterocycles. The van der Waals surface area contributed by atoms with E-state index < -0.39 is 11.2 Å². The first-order valence-electron chi connectivity index (χ1n) is 10.1. The van der Waals surface area contributed by atoms with E-state index in [0.717, 1.165) is 4.57 Å². The second-order valence-electron chi connectivity index (χ2n) is 8.75. The molecule has 0 amide bonds. The maximum atomic E-state index is 13.3. The predicted octanol–water partition coefficient (Wildman–Crippen LogP) is 3.02. The number of para-hydroxylation sites is 1. The SMILES string of the molecule is C=CCOc1ccccc1-c1c2c(nc3c1c(=O)n(C)c(=O)n3C)CC(C)(C)CC2=O. The van der Waals surface area contributed by atoms with Crippen molar-refractivity contribution in [3.05, 3.63) is 69.0 Å². The molecule has 1 aliphatic carbocycles. The number of hydrogen-bond donors (Lipinski definition) is 0. The molecule has 0 unspecified atom stereocenters. The molecule has 0 radical (unpaired) electrons. The molecule has 2 aromatic heterocycles. The Morgan fingerprint density at radius 3 is 2.52 bits per heavy atom. The van der Waals surface area contributed by atoms with Crippen molar-refractivity contribution in [1.29, 1.82) is 0 Å². The summed E-state index contributed by atoms with van der Waals surface area (Å²) in [5.41, 5.74) is 1.20. The zero-order chi connectivity index (χ0) is 22.5. The number of nitrogens with zero attached hydrogens (tertiary/aromatic N) is 3. The van der Waals surface area contributed by atoms with Crippen LogP contribution in [0.25, 0.3) is 22.2 Å². The Kier molecular flexibility index (Phi) is 4.92. The van der Waals surface area contributed by atoms with E-state index >= 15 is 0 Å². The summed E-state index contributed by atoms with van der Waals surface area (Å²) in [6, 6.07) is 7.28. The Balaban J connectivity index is 2.23. The topological polar surface area (TPSA) is 83.2 Å². The molecule has 4 rings (SSSR count).